The molecule has 0 saturated carbocycles. The molecule has 208 valence electrons. The Labute approximate surface area is 230 Å². The zero-order valence-corrected chi connectivity index (χ0v) is 21.5. The molecule has 1 atom stereocenters. The van der Waals surface area contributed by atoms with E-state index in [2.05, 4.69) is 0 Å². The van der Waals surface area contributed by atoms with Crippen LogP contribution in [0.25, 0.3) is 0 Å². The average molecular weight is 574 g/mol. The van der Waals surface area contributed by atoms with E-state index in [9.17, 15) is 47.7 Å². The highest BCUT2D eigenvalue weighted by Crippen LogP contribution is 2.39. The van der Waals surface area contributed by atoms with E-state index in [0.717, 1.165) is 23.6 Å². The lowest BCUT2D eigenvalue weighted by atomic mass is 9.86. The van der Waals surface area contributed by atoms with Gasteiger partial charge in [0.25, 0.3) is 5.91 Å². The van der Waals surface area contributed by atoms with E-state index in [0.29, 0.717) is 24.5 Å². The number of fused-ring (bicyclic) bond motifs is 1. The van der Waals surface area contributed by atoms with Crippen LogP contribution in [0.15, 0.2) is 65.6 Å². The number of amides is 1. The SMILES string of the molecule is O=C(O)c1cc(C(=O)O)c(C(=O)N(Cc2cccc(SC(F)(F)F)c2)[C@H]2CCCc3ccccc32)cc1C(=O)O. The van der Waals surface area contributed by atoms with Crippen LogP contribution in [0, 0.1) is 0 Å². The van der Waals surface area contributed by atoms with Crippen molar-refractivity contribution in [2.75, 3.05) is 0 Å². The van der Waals surface area contributed by atoms with Gasteiger partial charge in [0.15, 0.2) is 0 Å². The minimum Gasteiger partial charge on any atom is -0.478 e. The molecule has 12 heteroatoms. The van der Waals surface area contributed by atoms with E-state index in [4.69, 9.17) is 0 Å². The number of carbonyl (C=O) groups is 4. The van der Waals surface area contributed by atoms with Gasteiger partial charge in [0, 0.05) is 11.4 Å². The second kappa shape index (κ2) is 11.4. The molecule has 1 amide bonds. The number of hydrogen-bond donors (Lipinski definition) is 3. The van der Waals surface area contributed by atoms with Gasteiger partial charge in [0.1, 0.15) is 0 Å². The lowest BCUT2D eigenvalue weighted by Crippen LogP contribution is -2.37. The number of aromatic carboxylic acids is 3. The van der Waals surface area contributed by atoms with Crippen LogP contribution in [-0.4, -0.2) is 49.5 Å². The fraction of sp³-hybridized carbons (Fsp3) is 0.214. The van der Waals surface area contributed by atoms with Gasteiger partial charge in [-0.25, -0.2) is 14.4 Å². The summed E-state index contributed by atoms with van der Waals surface area (Å²) < 4.78 is 39.0. The fourth-order valence-electron chi connectivity index (χ4n) is 4.88. The molecule has 0 bridgehead atoms. The van der Waals surface area contributed by atoms with Crippen molar-refractivity contribution >= 4 is 35.6 Å². The third kappa shape index (κ3) is 6.28. The summed E-state index contributed by atoms with van der Waals surface area (Å²) >= 11 is -0.315. The predicted octanol–water partition coefficient (Wildman–Crippen LogP) is 6.11. The molecule has 3 N–H and O–H groups in total. The maximum absolute atomic E-state index is 14.1. The topological polar surface area (TPSA) is 132 Å². The maximum Gasteiger partial charge on any atom is 0.446 e. The van der Waals surface area contributed by atoms with Gasteiger partial charge >= 0.3 is 23.4 Å². The van der Waals surface area contributed by atoms with E-state index in [1.54, 1.807) is 6.07 Å². The minimum atomic E-state index is -4.54. The predicted molar refractivity (Wildman–Crippen MR) is 138 cm³/mol. The van der Waals surface area contributed by atoms with Crippen LogP contribution >= 0.6 is 11.8 Å². The van der Waals surface area contributed by atoms with Crippen molar-refractivity contribution in [3.05, 3.63) is 99.6 Å². The molecule has 0 spiro atoms. The van der Waals surface area contributed by atoms with Crippen molar-refractivity contribution in [2.45, 2.75) is 42.3 Å². The molecule has 3 aromatic rings. The smallest absolute Gasteiger partial charge is 0.446 e. The van der Waals surface area contributed by atoms with Gasteiger partial charge in [-0.15, -0.1) is 0 Å². The molecule has 0 aliphatic heterocycles. The number of hydrogen-bond acceptors (Lipinski definition) is 5. The Balaban J connectivity index is 1.86. The van der Waals surface area contributed by atoms with Crippen LogP contribution in [0.5, 0.6) is 0 Å². The number of carboxylic acids is 3. The third-order valence-electron chi connectivity index (χ3n) is 6.54. The number of alkyl halides is 3. The minimum absolute atomic E-state index is 0.105. The second-order valence-electron chi connectivity index (χ2n) is 9.09. The molecule has 0 aromatic heterocycles. The maximum atomic E-state index is 14.1. The van der Waals surface area contributed by atoms with Crippen LogP contribution in [0.3, 0.4) is 0 Å². The Morgan fingerprint density at radius 1 is 0.825 bits per heavy atom. The Kier molecular flexibility index (Phi) is 8.19. The summed E-state index contributed by atoms with van der Waals surface area (Å²) in [6.07, 6.45) is 1.85. The monoisotopic (exact) mass is 573 g/mol. The molecule has 8 nitrogen and oxygen atoms in total. The summed E-state index contributed by atoms with van der Waals surface area (Å²) in [5, 5.41) is 28.9. The number of benzene rings is 3. The molecule has 1 aliphatic carbocycles. The van der Waals surface area contributed by atoms with Crippen LogP contribution in [0.2, 0.25) is 0 Å². The van der Waals surface area contributed by atoms with E-state index in [1.165, 1.54) is 29.2 Å². The normalized spacial score (nSPS) is 14.7. The summed E-state index contributed by atoms with van der Waals surface area (Å²) in [7, 11) is 0. The van der Waals surface area contributed by atoms with E-state index < -0.39 is 57.6 Å². The molecule has 0 unspecified atom stereocenters. The van der Waals surface area contributed by atoms with E-state index >= 15 is 0 Å². The summed E-state index contributed by atoms with van der Waals surface area (Å²) in [5.74, 6) is -5.89. The van der Waals surface area contributed by atoms with Gasteiger partial charge in [-0.1, -0.05) is 36.4 Å². The lowest BCUT2D eigenvalue weighted by molar-refractivity contribution is -0.0328. The van der Waals surface area contributed by atoms with Crippen molar-refractivity contribution < 1.29 is 47.7 Å². The largest absolute Gasteiger partial charge is 0.478 e. The summed E-state index contributed by atoms with van der Waals surface area (Å²) in [6.45, 7) is -0.216. The Bertz CT molecular complexity index is 1510. The van der Waals surface area contributed by atoms with Gasteiger partial charge in [0.05, 0.1) is 28.3 Å². The first kappa shape index (κ1) is 28.7. The molecule has 4 rings (SSSR count). The number of carbonyl (C=O) groups excluding carboxylic acids is 1. The number of halogens is 3. The van der Waals surface area contributed by atoms with Gasteiger partial charge in [-0.05, 0) is 72.0 Å². The average Bonchev–Trinajstić information content (AvgIpc) is 2.89. The molecule has 3 aromatic carbocycles. The van der Waals surface area contributed by atoms with Crippen molar-refractivity contribution in [2.24, 2.45) is 0 Å². The Morgan fingerprint density at radius 3 is 2.05 bits per heavy atom. The molecule has 1 aliphatic rings. The fourth-order valence-corrected chi connectivity index (χ4v) is 5.50. The molecule has 0 radical (unpaired) electrons. The van der Waals surface area contributed by atoms with Crippen molar-refractivity contribution in [3.63, 3.8) is 0 Å². The van der Waals surface area contributed by atoms with Crippen molar-refractivity contribution in [3.8, 4) is 0 Å². The molecular weight excluding hydrogens is 551 g/mol. The first-order valence-corrected chi connectivity index (χ1v) is 12.8. The number of thioether (sulfide) groups is 1. The lowest BCUT2D eigenvalue weighted by Gasteiger charge is -2.36. The third-order valence-corrected chi connectivity index (χ3v) is 7.26. The highest BCUT2D eigenvalue weighted by atomic mass is 32.2. The zero-order chi connectivity index (χ0) is 29.2. The number of nitrogens with zero attached hydrogens (tertiary/aromatic N) is 1. The summed E-state index contributed by atoms with van der Waals surface area (Å²) in [5.41, 5.74) is -5.29. The Morgan fingerprint density at radius 2 is 1.43 bits per heavy atom. The molecule has 40 heavy (non-hydrogen) atoms. The van der Waals surface area contributed by atoms with Gasteiger partial charge in [-0.2, -0.15) is 13.2 Å². The van der Waals surface area contributed by atoms with Crippen LogP contribution in [-0.2, 0) is 13.0 Å². The van der Waals surface area contributed by atoms with Crippen molar-refractivity contribution in [1.82, 2.24) is 4.90 Å². The van der Waals surface area contributed by atoms with E-state index in [-0.39, 0.29) is 23.2 Å². The highest BCUT2D eigenvalue weighted by Gasteiger charge is 2.34. The standard InChI is InChI=1S/C28H22F3NO7S/c29-28(30,31)40-17-8-3-5-15(11-17)14-32(23-10-4-7-16-6-1-2-9-18(16)23)24(33)19-12-21(26(36)37)22(27(38)39)13-20(19)25(34)35/h1-3,5-6,8-9,11-13,23H,4,7,10,14H2,(H,34,35)(H,36,37)(H,38,39)/t23-/m0/s1. The van der Waals surface area contributed by atoms with Crippen LogP contribution < -0.4 is 0 Å². The molecule has 0 heterocycles. The molecule has 0 saturated heterocycles. The first-order valence-electron chi connectivity index (χ1n) is 12.0. The Hall–Kier alpha value is -4.32. The first-order chi connectivity index (χ1) is 18.9. The molecule has 0 fully saturated rings. The van der Waals surface area contributed by atoms with Crippen LogP contribution in [0.4, 0.5) is 13.2 Å². The van der Waals surface area contributed by atoms with Gasteiger partial charge < -0.3 is 20.2 Å². The number of aryl methyl sites for hydroxylation is 1. The van der Waals surface area contributed by atoms with Crippen LogP contribution in [0.1, 0.15) is 77.0 Å². The van der Waals surface area contributed by atoms with Crippen molar-refractivity contribution in [1.29, 1.82) is 0 Å². The van der Waals surface area contributed by atoms with Gasteiger partial charge in [0.2, 0.25) is 0 Å². The number of carboxylic acid groups (broad SMARTS) is 3. The highest BCUT2D eigenvalue weighted by molar-refractivity contribution is 8.00. The second-order valence-corrected chi connectivity index (χ2v) is 10.2. The summed E-state index contributed by atoms with van der Waals surface area (Å²) in [6, 6.07) is 13.6. The number of rotatable bonds is 8. The molecular formula is C28H22F3NO7S. The van der Waals surface area contributed by atoms with Gasteiger partial charge in [-0.3, -0.25) is 4.79 Å². The van der Waals surface area contributed by atoms with E-state index in [1.807, 2.05) is 18.2 Å². The quantitative estimate of drug-likeness (QED) is 0.275. The zero-order valence-electron chi connectivity index (χ0n) is 20.6. The summed E-state index contributed by atoms with van der Waals surface area (Å²) in [4.78, 5) is 50.9.